The van der Waals surface area contributed by atoms with E-state index < -0.39 is 0 Å². The van der Waals surface area contributed by atoms with Crippen molar-refractivity contribution in [3.63, 3.8) is 0 Å². The monoisotopic (exact) mass is 331 g/mol. The van der Waals surface area contributed by atoms with E-state index in [-0.39, 0.29) is 12.3 Å². The molecule has 0 unspecified atom stereocenters. The molecule has 1 aliphatic rings. The number of rotatable bonds is 5. The van der Waals surface area contributed by atoms with Crippen molar-refractivity contribution in [2.45, 2.75) is 46.0 Å². The molecular formula is C17H21N3O2S. The highest BCUT2D eigenvalue weighted by Crippen LogP contribution is 2.32. The molecule has 6 heteroatoms. The van der Waals surface area contributed by atoms with E-state index in [1.54, 1.807) is 22.3 Å². The van der Waals surface area contributed by atoms with Crippen LogP contribution in [-0.4, -0.2) is 22.6 Å². The Bertz CT molecular complexity index is 689. The lowest BCUT2D eigenvalue weighted by atomic mass is 10.0. The fourth-order valence-corrected chi connectivity index (χ4v) is 4.05. The molecule has 0 spiro atoms. The third-order valence-corrected chi connectivity index (χ3v) is 5.37. The van der Waals surface area contributed by atoms with E-state index in [1.165, 1.54) is 17.7 Å². The Morgan fingerprint density at radius 3 is 2.83 bits per heavy atom. The Morgan fingerprint density at radius 2 is 2.17 bits per heavy atom. The molecular weight excluding hydrogens is 310 g/mol. The van der Waals surface area contributed by atoms with Crippen molar-refractivity contribution < 1.29 is 9.32 Å². The molecule has 2 aromatic heterocycles. The van der Waals surface area contributed by atoms with Crippen LogP contribution in [0.15, 0.2) is 17.2 Å². The molecule has 0 saturated heterocycles. The van der Waals surface area contributed by atoms with Crippen LogP contribution in [-0.2, 0) is 24.1 Å². The molecule has 3 rings (SSSR count). The lowest BCUT2D eigenvalue weighted by Gasteiger charge is -2.18. The zero-order valence-corrected chi connectivity index (χ0v) is 14.4. The van der Waals surface area contributed by atoms with E-state index >= 15 is 0 Å². The fourth-order valence-electron chi connectivity index (χ4n) is 2.87. The van der Waals surface area contributed by atoms with Crippen molar-refractivity contribution >= 4 is 22.4 Å². The lowest BCUT2D eigenvalue weighted by molar-refractivity contribution is -0.117. The molecule has 0 aromatic carbocycles. The van der Waals surface area contributed by atoms with E-state index in [2.05, 4.69) is 11.7 Å². The minimum Gasteiger partial charge on any atom is -0.361 e. The number of carbonyl (C=O) groups is 1. The second kappa shape index (κ2) is 6.66. The van der Waals surface area contributed by atoms with Gasteiger partial charge in [-0.15, -0.1) is 17.9 Å². The number of amides is 1. The van der Waals surface area contributed by atoms with Gasteiger partial charge in [0.1, 0.15) is 5.76 Å². The summed E-state index contributed by atoms with van der Waals surface area (Å²) in [5.74, 6) is 0.707. The largest absolute Gasteiger partial charge is 0.361 e. The standard InChI is InChI=1S/C17H21N3O2S/c1-4-9-20(16(21)10-13-11(2)19-22-12(13)3)17-18-14-7-5-6-8-15(14)23-17/h4H,1,5-10H2,2-3H3. The molecule has 0 atom stereocenters. The second-order valence-corrected chi connectivity index (χ2v) is 6.91. The van der Waals surface area contributed by atoms with Gasteiger partial charge >= 0.3 is 0 Å². The molecule has 1 amide bonds. The summed E-state index contributed by atoms with van der Waals surface area (Å²) in [5.41, 5.74) is 2.80. The Labute approximate surface area is 140 Å². The smallest absolute Gasteiger partial charge is 0.233 e. The number of hydrogen-bond acceptors (Lipinski definition) is 5. The first kappa shape index (κ1) is 15.9. The molecule has 23 heavy (non-hydrogen) atoms. The Hall–Kier alpha value is -1.95. The predicted octanol–water partition coefficient (Wildman–Crippen LogP) is 3.39. The molecule has 0 saturated carbocycles. The van der Waals surface area contributed by atoms with Crippen LogP contribution in [0.5, 0.6) is 0 Å². The molecule has 0 N–H and O–H groups in total. The van der Waals surface area contributed by atoms with Gasteiger partial charge in [-0.2, -0.15) is 0 Å². The SMILES string of the molecule is C=CCN(C(=O)Cc1c(C)noc1C)c1nc2c(s1)CCCC2. The number of nitrogens with zero attached hydrogens (tertiary/aromatic N) is 3. The van der Waals surface area contributed by atoms with E-state index in [1.807, 2.05) is 13.8 Å². The third-order valence-electron chi connectivity index (χ3n) is 4.19. The van der Waals surface area contributed by atoms with Gasteiger partial charge in [0.15, 0.2) is 5.13 Å². The quantitative estimate of drug-likeness (QED) is 0.788. The average Bonchev–Trinajstić information content (AvgIpc) is 3.10. The molecule has 0 bridgehead atoms. The van der Waals surface area contributed by atoms with Gasteiger partial charge in [0, 0.05) is 17.0 Å². The van der Waals surface area contributed by atoms with Gasteiger partial charge in [-0.25, -0.2) is 4.98 Å². The summed E-state index contributed by atoms with van der Waals surface area (Å²) in [6.07, 6.45) is 6.51. The molecule has 0 radical (unpaired) electrons. The van der Waals surface area contributed by atoms with Gasteiger partial charge in [-0.05, 0) is 39.5 Å². The molecule has 0 aliphatic heterocycles. The molecule has 5 nitrogen and oxygen atoms in total. The Kier molecular flexibility index (Phi) is 4.61. The van der Waals surface area contributed by atoms with E-state index in [4.69, 9.17) is 9.51 Å². The van der Waals surface area contributed by atoms with Crippen LogP contribution in [0.4, 0.5) is 5.13 Å². The van der Waals surface area contributed by atoms with Crippen molar-refractivity contribution in [3.05, 3.63) is 40.2 Å². The summed E-state index contributed by atoms with van der Waals surface area (Å²) in [4.78, 5) is 20.5. The summed E-state index contributed by atoms with van der Waals surface area (Å²) >= 11 is 1.64. The molecule has 122 valence electrons. The topological polar surface area (TPSA) is 59.2 Å². The van der Waals surface area contributed by atoms with Crippen molar-refractivity contribution in [2.24, 2.45) is 0 Å². The number of aromatic nitrogens is 2. The van der Waals surface area contributed by atoms with Crippen LogP contribution in [0, 0.1) is 13.8 Å². The number of anilines is 1. The van der Waals surface area contributed by atoms with E-state index in [0.29, 0.717) is 12.3 Å². The minimum atomic E-state index is 0.00500. The lowest BCUT2D eigenvalue weighted by Crippen LogP contribution is -2.32. The van der Waals surface area contributed by atoms with Crippen LogP contribution in [0.3, 0.4) is 0 Å². The third kappa shape index (κ3) is 3.22. The van der Waals surface area contributed by atoms with Gasteiger partial charge in [0.2, 0.25) is 5.91 Å². The average molecular weight is 331 g/mol. The maximum atomic E-state index is 12.8. The van der Waals surface area contributed by atoms with E-state index in [9.17, 15) is 4.79 Å². The van der Waals surface area contributed by atoms with Crippen LogP contribution < -0.4 is 4.90 Å². The zero-order chi connectivity index (χ0) is 16.4. The normalized spacial score (nSPS) is 13.7. The van der Waals surface area contributed by atoms with Gasteiger partial charge in [-0.1, -0.05) is 11.2 Å². The highest BCUT2D eigenvalue weighted by atomic mass is 32.1. The van der Waals surface area contributed by atoms with Gasteiger partial charge in [-0.3, -0.25) is 9.69 Å². The van der Waals surface area contributed by atoms with Gasteiger partial charge < -0.3 is 4.52 Å². The Balaban J connectivity index is 1.84. The summed E-state index contributed by atoms with van der Waals surface area (Å²) in [6, 6.07) is 0. The molecule has 2 aromatic rings. The number of aryl methyl sites for hydroxylation is 4. The Morgan fingerprint density at radius 1 is 1.39 bits per heavy atom. The first-order valence-electron chi connectivity index (χ1n) is 7.91. The zero-order valence-electron chi connectivity index (χ0n) is 13.6. The highest BCUT2D eigenvalue weighted by Gasteiger charge is 2.24. The van der Waals surface area contributed by atoms with Crippen molar-refractivity contribution in [1.82, 2.24) is 10.1 Å². The van der Waals surface area contributed by atoms with Crippen LogP contribution in [0.25, 0.3) is 0 Å². The van der Waals surface area contributed by atoms with Gasteiger partial charge in [0.05, 0.1) is 17.8 Å². The van der Waals surface area contributed by atoms with E-state index in [0.717, 1.165) is 34.9 Å². The van der Waals surface area contributed by atoms with Crippen molar-refractivity contribution in [3.8, 4) is 0 Å². The van der Waals surface area contributed by atoms with Crippen LogP contribution in [0.2, 0.25) is 0 Å². The summed E-state index contributed by atoms with van der Waals surface area (Å²) in [5, 5.41) is 4.71. The maximum Gasteiger partial charge on any atom is 0.233 e. The molecule has 1 aliphatic carbocycles. The molecule has 2 heterocycles. The number of thiazole rings is 1. The summed E-state index contributed by atoms with van der Waals surface area (Å²) < 4.78 is 5.15. The van der Waals surface area contributed by atoms with Crippen LogP contribution in [0.1, 0.15) is 40.4 Å². The fraction of sp³-hybridized carbons (Fsp3) is 0.471. The summed E-state index contributed by atoms with van der Waals surface area (Å²) in [6.45, 7) is 7.94. The first-order valence-corrected chi connectivity index (χ1v) is 8.73. The maximum absolute atomic E-state index is 12.8. The minimum absolute atomic E-state index is 0.00500. The number of fused-ring (bicyclic) bond motifs is 1. The second-order valence-electron chi connectivity index (χ2n) is 5.85. The highest BCUT2D eigenvalue weighted by molar-refractivity contribution is 7.16. The predicted molar refractivity (Wildman–Crippen MR) is 91.0 cm³/mol. The first-order chi connectivity index (χ1) is 11.1. The summed E-state index contributed by atoms with van der Waals surface area (Å²) in [7, 11) is 0. The number of hydrogen-bond donors (Lipinski definition) is 0. The van der Waals surface area contributed by atoms with Crippen LogP contribution >= 0.6 is 11.3 Å². The molecule has 0 fully saturated rings. The van der Waals surface area contributed by atoms with Crippen molar-refractivity contribution in [1.29, 1.82) is 0 Å². The van der Waals surface area contributed by atoms with Gasteiger partial charge in [0.25, 0.3) is 0 Å². The van der Waals surface area contributed by atoms with Crippen molar-refractivity contribution in [2.75, 3.05) is 11.4 Å². The number of carbonyl (C=O) groups excluding carboxylic acids is 1.